The van der Waals surface area contributed by atoms with Crippen LogP contribution in [0.4, 0.5) is 5.69 Å². The van der Waals surface area contributed by atoms with Crippen molar-refractivity contribution in [1.29, 1.82) is 0 Å². The Morgan fingerprint density at radius 1 is 1.29 bits per heavy atom. The third-order valence-electron chi connectivity index (χ3n) is 3.88. The molecule has 0 N–H and O–H groups in total. The smallest absolute Gasteiger partial charge is 0.269 e. The van der Waals surface area contributed by atoms with Crippen molar-refractivity contribution in [1.82, 2.24) is 5.01 Å². The van der Waals surface area contributed by atoms with Crippen molar-refractivity contribution in [2.75, 3.05) is 0 Å². The van der Waals surface area contributed by atoms with Crippen molar-refractivity contribution in [2.24, 2.45) is 5.10 Å². The van der Waals surface area contributed by atoms with Crippen LogP contribution in [-0.2, 0) is 4.79 Å². The molecule has 1 atom stereocenters. The average molecular weight is 388 g/mol. The number of hydrogen-bond donors (Lipinski definition) is 0. The van der Waals surface area contributed by atoms with E-state index in [9.17, 15) is 14.9 Å². The maximum Gasteiger partial charge on any atom is 0.269 e. The fraction of sp³-hybridized carbons (Fsp3) is 0.176. The Morgan fingerprint density at radius 2 is 2.00 bits per heavy atom. The minimum atomic E-state index is -0.437. The van der Waals surface area contributed by atoms with Crippen LogP contribution in [0.1, 0.15) is 30.5 Å². The average Bonchev–Trinajstić information content (AvgIpc) is 3.01. The number of benzene rings is 2. The van der Waals surface area contributed by atoms with Gasteiger partial charge in [-0.15, -0.1) is 0 Å². The minimum absolute atomic E-state index is 0.00749. The molecule has 122 valence electrons. The van der Waals surface area contributed by atoms with Gasteiger partial charge in [-0.2, -0.15) is 5.10 Å². The predicted octanol–water partition coefficient (Wildman–Crippen LogP) is 4.05. The van der Waals surface area contributed by atoms with E-state index >= 15 is 0 Å². The number of nitrogens with zero attached hydrogens (tertiary/aromatic N) is 3. The van der Waals surface area contributed by atoms with E-state index in [-0.39, 0.29) is 17.6 Å². The highest BCUT2D eigenvalue weighted by Crippen LogP contribution is 2.34. The van der Waals surface area contributed by atoms with Crippen LogP contribution in [0.2, 0.25) is 0 Å². The van der Waals surface area contributed by atoms with Crippen molar-refractivity contribution in [3.63, 3.8) is 0 Å². The third-order valence-corrected chi connectivity index (χ3v) is 4.40. The van der Waals surface area contributed by atoms with Gasteiger partial charge in [0.2, 0.25) is 5.91 Å². The summed E-state index contributed by atoms with van der Waals surface area (Å²) in [5.74, 6) is -0.196. The van der Waals surface area contributed by atoms with Crippen LogP contribution >= 0.6 is 15.9 Å². The van der Waals surface area contributed by atoms with Crippen LogP contribution in [0.15, 0.2) is 58.1 Å². The van der Waals surface area contributed by atoms with Crippen molar-refractivity contribution in [2.45, 2.75) is 19.4 Å². The number of nitro benzene ring substituents is 1. The molecule has 1 heterocycles. The maximum atomic E-state index is 12.0. The molecule has 0 aliphatic carbocycles. The molecule has 6 nitrogen and oxygen atoms in total. The zero-order valence-corrected chi connectivity index (χ0v) is 14.4. The molecule has 0 saturated heterocycles. The second-order valence-corrected chi connectivity index (χ2v) is 6.40. The first-order valence-electron chi connectivity index (χ1n) is 7.33. The fourth-order valence-electron chi connectivity index (χ4n) is 2.72. The molecule has 0 bridgehead atoms. The number of hydrogen-bond acceptors (Lipinski definition) is 4. The first kappa shape index (κ1) is 16.3. The Morgan fingerprint density at radius 3 is 2.62 bits per heavy atom. The van der Waals surface area contributed by atoms with Gasteiger partial charge >= 0.3 is 0 Å². The standard InChI is InChI=1S/C17H14BrN3O3/c1-11(22)20-17(13-3-2-4-15(9-13)21(23)24)10-16(19-20)12-5-7-14(18)8-6-12/h2-9,17H,10H2,1H3/t17-/m0/s1. The van der Waals surface area contributed by atoms with Gasteiger partial charge in [-0.1, -0.05) is 40.2 Å². The number of hydrazone groups is 1. The molecule has 0 saturated carbocycles. The van der Waals surface area contributed by atoms with Crippen LogP contribution in [0.3, 0.4) is 0 Å². The van der Waals surface area contributed by atoms with Gasteiger partial charge in [0.15, 0.2) is 0 Å². The summed E-state index contributed by atoms with van der Waals surface area (Å²) in [6, 6.07) is 13.7. The quantitative estimate of drug-likeness (QED) is 0.588. The Balaban J connectivity index is 1.95. The third kappa shape index (κ3) is 3.21. The Bertz CT molecular complexity index is 833. The van der Waals surface area contributed by atoms with E-state index in [1.165, 1.54) is 24.1 Å². The molecule has 1 aliphatic rings. The highest BCUT2D eigenvalue weighted by Gasteiger charge is 2.32. The lowest BCUT2D eigenvalue weighted by Crippen LogP contribution is -2.24. The number of rotatable bonds is 3. The summed E-state index contributed by atoms with van der Waals surface area (Å²) in [6.07, 6.45) is 0.516. The molecule has 0 unspecified atom stereocenters. The highest BCUT2D eigenvalue weighted by molar-refractivity contribution is 9.10. The van der Waals surface area contributed by atoms with Crippen LogP contribution in [0, 0.1) is 10.1 Å². The van der Waals surface area contributed by atoms with Gasteiger partial charge in [0.05, 0.1) is 16.7 Å². The first-order chi connectivity index (χ1) is 11.5. The second-order valence-electron chi connectivity index (χ2n) is 5.49. The summed E-state index contributed by atoms with van der Waals surface area (Å²) in [7, 11) is 0. The van der Waals surface area contributed by atoms with Gasteiger partial charge < -0.3 is 0 Å². The topological polar surface area (TPSA) is 75.8 Å². The molecule has 0 spiro atoms. The monoisotopic (exact) mass is 387 g/mol. The summed E-state index contributed by atoms with van der Waals surface area (Å²) in [5, 5.41) is 16.8. The van der Waals surface area contributed by atoms with Gasteiger partial charge in [-0.3, -0.25) is 14.9 Å². The molecule has 7 heteroatoms. The molecule has 0 radical (unpaired) electrons. The molecule has 2 aromatic rings. The number of halogens is 1. The van der Waals surface area contributed by atoms with Crippen LogP contribution in [-0.4, -0.2) is 21.6 Å². The lowest BCUT2D eigenvalue weighted by atomic mass is 9.98. The Kier molecular flexibility index (Phi) is 4.44. The van der Waals surface area contributed by atoms with Crippen LogP contribution < -0.4 is 0 Å². The zero-order chi connectivity index (χ0) is 17.3. The lowest BCUT2D eigenvalue weighted by molar-refractivity contribution is -0.384. The van der Waals surface area contributed by atoms with E-state index in [0.717, 1.165) is 15.7 Å². The largest absolute Gasteiger partial charge is 0.273 e. The molecule has 0 fully saturated rings. The summed E-state index contributed by atoms with van der Waals surface area (Å²) < 4.78 is 0.962. The summed E-state index contributed by atoms with van der Waals surface area (Å²) in [5.41, 5.74) is 2.43. The molecule has 24 heavy (non-hydrogen) atoms. The van der Waals surface area contributed by atoms with Crippen molar-refractivity contribution in [3.05, 3.63) is 74.2 Å². The SMILES string of the molecule is CC(=O)N1N=C(c2ccc(Br)cc2)C[C@H]1c1cccc([N+](=O)[O-])c1. The lowest BCUT2D eigenvalue weighted by Gasteiger charge is -2.20. The molecule has 1 amide bonds. The number of nitro groups is 1. The second kappa shape index (κ2) is 6.52. The number of amides is 1. The number of carbonyl (C=O) groups is 1. The van der Waals surface area contributed by atoms with E-state index in [1.807, 2.05) is 24.3 Å². The summed E-state index contributed by atoms with van der Waals surface area (Å²) in [6.45, 7) is 1.44. The maximum absolute atomic E-state index is 12.0. The van der Waals surface area contributed by atoms with Gasteiger partial charge in [-0.25, -0.2) is 5.01 Å². The summed E-state index contributed by atoms with van der Waals surface area (Å²) >= 11 is 3.39. The predicted molar refractivity (Wildman–Crippen MR) is 93.7 cm³/mol. The fourth-order valence-corrected chi connectivity index (χ4v) is 2.99. The van der Waals surface area contributed by atoms with Gasteiger partial charge in [0.25, 0.3) is 5.69 Å². The molecule has 1 aliphatic heterocycles. The molecule has 0 aromatic heterocycles. The van der Waals surface area contributed by atoms with E-state index in [0.29, 0.717) is 12.0 Å². The Hall–Kier alpha value is -2.54. The Labute approximate surface area is 147 Å². The molecular weight excluding hydrogens is 374 g/mol. The number of non-ortho nitro benzene ring substituents is 1. The number of carbonyl (C=O) groups excluding carboxylic acids is 1. The van der Waals surface area contributed by atoms with Crippen LogP contribution in [0.25, 0.3) is 0 Å². The highest BCUT2D eigenvalue weighted by atomic mass is 79.9. The normalized spacial score (nSPS) is 16.8. The van der Waals surface area contributed by atoms with E-state index in [1.54, 1.807) is 12.1 Å². The van der Waals surface area contributed by atoms with Crippen molar-refractivity contribution < 1.29 is 9.72 Å². The van der Waals surface area contributed by atoms with Crippen molar-refractivity contribution in [3.8, 4) is 0 Å². The van der Waals surface area contributed by atoms with Crippen molar-refractivity contribution >= 4 is 33.2 Å². The molecule has 2 aromatic carbocycles. The van der Waals surface area contributed by atoms with E-state index in [2.05, 4.69) is 21.0 Å². The summed E-state index contributed by atoms with van der Waals surface area (Å²) in [4.78, 5) is 22.5. The van der Waals surface area contributed by atoms with Crippen LogP contribution in [0.5, 0.6) is 0 Å². The van der Waals surface area contributed by atoms with Gasteiger partial charge in [-0.05, 0) is 23.3 Å². The van der Waals surface area contributed by atoms with E-state index < -0.39 is 4.92 Å². The molecule has 3 rings (SSSR count). The van der Waals surface area contributed by atoms with E-state index in [4.69, 9.17) is 0 Å². The van der Waals surface area contributed by atoms with Gasteiger partial charge in [0.1, 0.15) is 0 Å². The first-order valence-corrected chi connectivity index (χ1v) is 8.12. The van der Waals surface area contributed by atoms with Gasteiger partial charge in [0, 0.05) is 30.0 Å². The zero-order valence-electron chi connectivity index (χ0n) is 12.8. The minimum Gasteiger partial charge on any atom is -0.273 e. The molecular formula is C17H14BrN3O3.